The van der Waals surface area contributed by atoms with Crippen LogP contribution in [0.4, 0.5) is 0 Å². The molecule has 1 heterocycles. The Kier molecular flexibility index (Phi) is 3.93. The van der Waals surface area contributed by atoms with Gasteiger partial charge in [-0.3, -0.25) is 4.98 Å². The van der Waals surface area contributed by atoms with Gasteiger partial charge >= 0.3 is 0 Å². The summed E-state index contributed by atoms with van der Waals surface area (Å²) >= 11 is 4.92. The van der Waals surface area contributed by atoms with Crippen LogP contribution in [0.15, 0.2) is 34.4 Å². The second-order valence-electron chi connectivity index (χ2n) is 3.17. The first kappa shape index (κ1) is 11.6. The lowest BCUT2D eigenvalue weighted by Gasteiger charge is -2.07. The zero-order valence-electron chi connectivity index (χ0n) is 8.39. The number of benzene rings is 1. The third-order valence-electron chi connectivity index (χ3n) is 2.05. The fourth-order valence-electron chi connectivity index (χ4n) is 1.23. The van der Waals surface area contributed by atoms with Gasteiger partial charge in [0.1, 0.15) is 12.4 Å². The molecule has 0 aliphatic carbocycles. The fraction of sp³-hybridized carbons (Fsp3) is 0.182. The first-order valence-electron chi connectivity index (χ1n) is 4.69. The number of aliphatic hydroxyl groups is 1. The van der Waals surface area contributed by atoms with Gasteiger partial charge in [0.25, 0.3) is 0 Å². The Balaban J connectivity index is 2.04. The van der Waals surface area contributed by atoms with Crippen molar-refractivity contribution in [2.24, 2.45) is 0 Å². The molecule has 0 radical (unpaired) electrons. The molecular formula is C11H10BrNO2S. The lowest BCUT2D eigenvalue weighted by molar-refractivity contribution is 0.277. The van der Waals surface area contributed by atoms with E-state index in [1.165, 1.54) is 0 Å². The van der Waals surface area contributed by atoms with E-state index in [-0.39, 0.29) is 6.61 Å². The fourth-order valence-corrected chi connectivity index (χ4v) is 2.11. The normalized spacial score (nSPS) is 10.4. The Morgan fingerprint density at radius 1 is 1.44 bits per heavy atom. The smallest absolute Gasteiger partial charge is 0.124 e. The van der Waals surface area contributed by atoms with Crippen LogP contribution >= 0.6 is 27.3 Å². The van der Waals surface area contributed by atoms with Crippen molar-refractivity contribution in [3.63, 3.8) is 0 Å². The lowest BCUT2D eigenvalue weighted by atomic mass is 10.2. The maximum atomic E-state index is 9.10. The number of nitrogens with zero attached hydrogens (tertiary/aromatic N) is 1. The summed E-state index contributed by atoms with van der Waals surface area (Å²) in [5.74, 6) is 0.751. The Hall–Kier alpha value is -0.910. The molecule has 0 amide bonds. The number of ether oxygens (including phenoxy) is 1. The molecule has 3 nitrogen and oxygen atoms in total. The molecule has 0 saturated heterocycles. The quantitative estimate of drug-likeness (QED) is 0.944. The van der Waals surface area contributed by atoms with Gasteiger partial charge in [-0.2, -0.15) is 0 Å². The molecule has 5 heteroatoms. The molecule has 2 rings (SSSR count). The first-order valence-corrected chi connectivity index (χ1v) is 6.36. The molecule has 0 unspecified atom stereocenters. The van der Waals surface area contributed by atoms with E-state index >= 15 is 0 Å². The summed E-state index contributed by atoms with van der Waals surface area (Å²) in [5.41, 5.74) is 2.60. The summed E-state index contributed by atoms with van der Waals surface area (Å²) in [6, 6.07) is 5.56. The van der Waals surface area contributed by atoms with Crippen molar-refractivity contribution in [3.8, 4) is 5.75 Å². The Labute approximate surface area is 106 Å². The van der Waals surface area contributed by atoms with Gasteiger partial charge in [0.2, 0.25) is 0 Å². The van der Waals surface area contributed by atoms with Crippen molar-refractivity contribution in [1.82, 2.24) is 4.98 Å². The van der Waals surface area contributed by atoms with Crippen molar-refractivity contribution in [3.05, 3.63) is 44.8 Å². The minimum Gasteiger partial charge on any atom is -0.488 e. The van der Waals surface area contributed by atoms with Gasteiger partial charge in [0, 0.05) is 10.7 Å². The van der Waals surface area contributed by atoms with E-state index in [9.17, 15) is 0 Å². The van der Waals surface area contributed by atoms with Gasteiger partial charge in [-0.05, 0) is 23.8 Å². The summed E-state index contributed by atoms with van der Waals surface area (Å²) < 4.78 is 6.48. The van der Waals surface area contributed by atoms with Gasteiger partial charge in [-0.1, -0.05) is 15.9 Å². The summed E-state index contributed by atoms with van der Waals surface area (Å²) in [6.07, 6.45) is 1.79. The van der Waals surface area contributed by atoms with Crippen LogP contribution in [-0.4, -0.2) is 10.1 Å². The number of hydrogen-bond donors (Lipinski definition) is 1. The second kappa shape index (κ2) is 5.43. The summed E-state index contributed by atoms with van der Waals surface area (Å²) in [7, 11) is 0. The Bertz CT molecular complexity index is 459. The van der Waals surface area contributed by atoms with Crippen LogP contribution < -0.4 is 4.74 Å². The maximum Gasteiger partial charge on any atom is 0.124 e. The molecule has 1 aromatic carbocycles. The summed E-state index contributed by atoms with van der Waals surface area (Å²) in [5, 5.41) is 9.10. The van der Waals surface area contributed by atoms with Crippen LogP contribution in [-0.2, 0) is 13.2 Å². The van der Waals surface area contributed by atoms with E-state index in [1.54, 1.807) is 23.0 Å². The monoisotopic (exact) mass is 299 g/mol. The number of aromatic nitrogens is 1. The molecule has 84 valence electrons. The molecule has 0 fully saturated rings. The topological polar surface area (TPSA) is 42.4 Å². The van der Waals surface area contributed by atoms with Crippen molar-refractivity contribution in [1.29, 1.82) is 0 Å². The minimum atomic E-state index is -0.00165. The van der Waals surface area contributed by atoms with Gasteiger partial charge in [-0.15, -0.1) is 11.3 Å². The lowest BCUT2D eigenvalue weighted by Crippen LogP contribution is -1.94. The third kappa shape index (κ3) is 2.81. The van der Waals surface area contributed by atoms with Crippen LogP contribution in [0.3, 0.4) is 0 Å². The highest BCUT2D eigenvalue weighted by molar-refractivity contribution is 9.10. The van der Waals surface area contributed by atoms with Gasteiger partial charge < -0.3 is 9.84 Å². The molecule has 0 aliphatic rings. The Morgan fingerprint density at radius 2 is 2.31 bits per heavy atom. The molecule has 1 N–H and O–H groups in total. The number of thiazole rings is 1. The second-order valence-corrected chi connectivity index (χ2v) is 4.99. The predicted octanol–water partition coefficient (Wildman–Crippen LogP) is 2.98. The average Bonchev–Trinajstić information content (AvgIpc) is 2.81. The van der Waals surface area contributed by atoms with Gasteiger partial charge in [0.15, 0.2) is 0 Å². The molecule has 0 spiro atoms. The Morgan fingerprint density at radius 3 is 3.00 bits per heavy atom. The van der Waals surface area contributed by atoms with Crippen molar-refractivity contribution in [2.75, 3.05) is 0 Å². The molecule has 16 heavy (non-hydrogen) atoms. The summed E-state index contributed by atoms with van der Waals surface area (Å²) in [4.78, 5) is 5.05. The van der Waals surface area contributed by atoms with Gasteiger partial charge in [0.05, 0.1) is 17.0 Å². The highest BCUT2D eigenvalue weighted by atomic mass is 79.9. The standard InChI is InChI=1S/C11H10BrNO2S/c12-11-2-1-9(3-8(11)5-14)15-6-10-4-13-7-16-10/h1-4,7,14H,5-6H2. The summed E-state index contributed by atoms with van der Waals surface area (Å²) in [6.45, 7) is 0.509. The van der Waals surface area contributed by atoms with Crippen LogP contribution in [0.2, 0.25) is 0 Å². The highest BCUT2D eigenvalue weighted by Gasteiger charge is 2.02. The SMILES string of the molecule is OCc1cc(OCc2cncs2)ccc1Br. The molecule has 0 bridgehead atoms. The van der Waals surface area contributed by atoms with Crippen LogP contribution in [0, 0.1) is 0 Å². The number of aliphatic hydroxyl groups excluding tert-OH is 1. The molecule has 0 atom stereocenters. The predicted molar refractivity (Wildman–Crippen MR) is 66.5 cm³/mol. The van der Waals surface area contributed by atoms with Gasteiger partial charge in [-0.25, -0.2) is 0 Å². The first-order chi connectivity index (χ1) is 7.79. The van der Waals surface area contributed by atoms with Crippen LogP contribution in [0.5, 0.6) is 5.75 Å². The molecular weight excluding hydrogens is 290 g/mol. The number of rotatable bonds is 4. The van der Waals surface area contributed by atoms with Crippen molar-refractivity contribution >= 4 is 27.3 Å². The number of halogens is 1. The van der Waals surface area contributed by atoms with E-state index in [0.717, 1.165) is 20.7 Å². The number of hydrogen-bond acceptors (Lipinski definition) is 4. The maximum absolute atomic E-state index is 9.10. The van der Waals surface area contributed by atoms with E-state index in [1.807, 2.05) is 18.2 Å². The van der Waals surface area contributed by atoms with Crippen molar-refractivity contribution in [2.45, 2.75) is 13.2 Å². The van der Waals surface area contributed by atoms with E-state index in [4.69, 9.17) is 9.84 Å². The highest BCUT2D eigenvalue weighted by Crippen LogP contribution is 2.23. The van der Waals surface area contributed by atoms with E-state index in [2.05, 4.69) is 20.9 Å². The largest absolute Gasteiger partial charge is 0.488 e. The molecule has 2 aromatic rings. The third-order valence-corrected chi connectivity index (χ3v) is 3.58. The van der Waals surface area contributed by atoms with Crippen molar-refractivity contribution < 1.29 is 9.84 Å². The molecule has 1 aromatic heterocycles. The van der Waals surface area contributed by atoms with E-state index < -0.39 is 0 Å². The zero-order chi connectivity index (χ0) is 11.4. The average molecular weight is 300 g/mol. The van der Waals surface area contributed by atoms with E-state index in [0.29, 0.717) is 6.61 Å². The molecule has 0 aliphatic heterocycles. The zero-order valence-corrected chi connectivity index (χ0v) is 10.8. The minimum absolute atomic E-state index is 0.00165. The van der Waals surface area contributed by atoms with Crippen LogP contribution in [0.1, 0.15) is 10.4 Å². The van der Waals surface area contributed by atoms with Crippen LogP contribution in [0.25, 0.3) is 0 Å². The molecule has 0 saturated carbocycles.